The molecule has 1 aromatic heterocycles. The van der Waals surface area contributed by atoms with Crippen LogP contribution in [0.2, 0.25) is 0 Å². The molecule has 0 radical (unpaired) electrons. The summed E-state index contributed by atoms with van der Waals surface area (Å²) in [6.07, 6.45) is 0.513. The average molecular weight is 299 g/mol. The maximum Gasteiger partial charge on any atom is 0.358 e. The Morgan fingerprint density at radius 1 is 1.50 bits per heavy atom. The summed E-state index contributed by atoms with van der Waals surface area (Å²) in [7, 11) is -2.39. The fourth-order valence-electron chi connectivity index (χ4n) is 2.10. The first-order valence-electron chi connectivity index (χ1n) is 6.24. The van der Waals surface area contributed by atoms with Crippen molar-refractivity contribution >= 4 is 15.8 Å². The molecular formula is C13H17NO5S. The molecule has 1 aliphatic rings. The van der Waals surface area contributed by atoms with Crippen LogP contribution < -0.4 is 4.74 Å². The molecule has 7 heteroatoms. The average Bonchev–Trinajstić information content (AvgIpc) is 2.69. The molecule has 0 saturated heterocycles. The molecule has 0 fully saturated rings. The molecule has 2 rings (SSSR count). The molecule has 0 aliphatic carbocycles. The highest BCUT2D eigenvalue weighted by Gasteiger charge is 2.35. The second-order valence-corrected chi connectivity index (χ2v) is 7.46. The van der Waals surface area contributed by atoms with E-state index in [1.165, 1.54) is 20.1 Å². The van der Waals surface area contributed by atoms with E-state index in [-0.39, 0.29) is 16.3 Å². The number of carbonyl (C=O) groups excluding carboxylic acids is 1. The number of sulfone groups is 1. The Kier molecular flexibility index (Phi) is 3.49. The van der Waals surface area contributed by atoms with Gasteiger partial charge in [0.2, 0.25) is 0 Å². The number of ether oxygens (including phenoxy) is 2. The maximum absolute atomic E-state index is 12.1. The molecule has 0 unspecified atom stereocenters. The minimum absolute atomic E-state index is 0.124. The van der Waals surface area contributed by atoms with Gasteiger partial charge in [0.05, 0.1) is 18.6 Å². The Morgan fingerprint density at radius 2 is 2.15 bits per heavy atom. The molecule has 2 heterocycles. The van der Waals surface area contributed by atoms with Crippen LogP contribution in [0, 0.1) is 0 Å². The molecule has 0 spiro atoms. The standard InChI is InChI=1S/C13H17NO5S/c1-5-20(16,17)10-6-9-8(7-13(2,3)19-9)14-11(10)12(15)18-4/h6H,5,7H2,1-4H3. The van der Waals surface area contributed by atoms with Crippen molar-refractivity contribution in [1.29, 1.82) is 0 Å². The lowest BCUT2D eigenvalue weighted by molar-refractivity contribution is 0.0589. The number of methoxy groups -OCH3 is 1. The van der Waals surface area contributed by atoms with Crippen LogP contribution in [0.15, 0.2) is 11.0 Å². The van der Waals surface area contributed by atoms with Gasteiger partial charge < -0.3 is 9.47 Å². The lowest BCUT2D eigenvalue weighted by atomic mass is 10.1. The highest BCUT2D eigenvalue weighted by Crippen LogP contribution is 2.36. The third-order valence-electron chi connectivity index (χ3n) is 3.10. The van der Waals surface area contributed by atoms with Gasteiger partial charge in [0.25, 0.3) is 0 Å². The van der Waals surface area contributed by atoms with Gasteiger partial charge in [-0.3, -0.25) is 0 Å². The van der Waals surface area contributed by atoms with Gasteiger partial charge in [0.1, 0.15) is 16.2 Å². The predicted molar refractivity (Wildman–Crippen MR) is 71.7 cm³/mol. The van der Waals surface area contributed by atoms with E-state index in [2.05, 4.69) is 9.72 Å². The van der Waals surface area contributed by atoms with Crippen molar-refractivity contribution in [3.05, 3.63) is 17.5 Å². The molecule has 1 aromatic rings. The van der Waals surface area contributed by atoms with Crippen molar-refractivity contribution < 1.29 is 22.7 Å². The highest BCUT2D eigenvalue weighted by atomic mass is 32.2. The lowest BCUT2D eigenvalue weighted by Crippen LogP contribution is -2.24. The Morgan fingerprint density at radius 3 is 2.70 bits per heavy atom. The molecule has 20 heavy (non-hydrogen) atoms. The molecule has 0 saturated carbocycles. The van der Waals surface area contributed by atoms with Crippen molar-refractivity contribution in [3.8, 4) is 5.75 Å². The van der Waals surface area contributed by atoms with Crippen molar-refractivity contribution in [2.75, 3.05) is 12.9 Å². The minimum Gasteiger partial charge on any atom is -0.485 e. The maximum atomic E-state index is 12.1. The Hall–Kier alpha value is -1.63. The zero-order valence-electron chi connectivity index (χ0n) is 11.9. The van der Waals surface area contributed by atoms with E-state index in [1.54, 1.807) is 0 Å². The summed E-state index contributed by atoms with van der Waals surface area (Å²) >= 11 is 0. The molecule has 0 bridgehead atoms. The topological polar surface area (TPSA) is 82.6 Å². The van der Waals surface area contributed by atoms with E-state index in [4.69, 9.17) is 4.74 Å². The first-order valence-corrected chi connectivity index (χ1v) is 7.89. The first-order chi connectivity index (χ1) is 9.20. The van der Waals surface area contributed by atoms with E-state index in [9.17, 15) is 13.2 Å². The summed E-state index contributed by atoms with van der Waals surface area (Å²) in [6.45, 7) is 5.26. The van der Waals surface area contributed by atoms with Crippen LogP contribution in [-0.4, -0.2) is 37.8 Å². The molecule has 6 nitrogen and oxygen atoms in total. The molecule has 0 atom stereocenters. The molecular weight excluding hydrogens is 282 g/mol. The van der Waals surface area contributed by atoms with Gasteiger partial charge in [0, 0.05) is 12.5 Å². The monoisotopic (exact) mass is 299 g/mol. The van der Waals surface area contributed by atoms with Crippen molar-refractivity contribution in [2.45, 2.75) is 37.7 Å². The zero-order valence-corrected chi connectivity index (χ0v) is 12.7. The van der Waals surface area contributed by atoms with Crippen LogP contribution in [-0.2, 0) is 21.0 Å². The van der Waals surface area contributed by atoms with Crippen molar-refractivity contribution in [1.82, 2.24) is 4.98 Å². The van der Waals surface area contributed by atoms with E-state index >= 15 is 0 Å². The summed E-state index contributed by atoms with van der Waals surface area (Å²) in [6, 6.07) is 1.38. The van der Waals surface area contributed by atoms with Crippen LogP contribution in [0.3, 0.4) is 0 Å². The third kappa shape index (κ3) is 2.49. The van der Waals surface area contributed by atoms with E-state index in [1.807, 2.05) is 13.8 Å². The number of rotatable bonds is 3. The van der Waals surface area contributed by atoms with Crippen molar-refractivity contribution in [2.24, 2.45) is 0 Å². The Bertz CT molecular complexity index is 664. The fourth-order valence-corrected chi connectivity index (χ4v) is 3.12. The summed E-state index contributed by atoms with van der Waals surface area (Å²) in [4.78, 5) is 15.8. The van der Waals surface area contributed by atoms with Gasteiger partial charge in [-0.1, -0.05) is 6.92 Å². The number of esters is 1. The number of aromatic nitrogens is 1. The highest BCUT2D eigenvalue weighted by molar-refractivity contribution is 7.91. The van der Waals surface area contributed by atoms with Gasteiger partial charge in [-0.15, -0.1) is 0 Å². The number of hydrogen-bond donors (Lipinski definition) is 0. The van der Waals surface area contributed by atoms with Crippen LogP contribution in [0.5, 0.6) is 5.75 Å². The molecule has 0 aromatic carbocycles. The van der Waals surface area contributed by atoms with E-state index in [0.717, 1.165) is 0 Å². The van der Waals surface area contributed by atoms with Crippen molar-refractivity contribution in [3.63, 3.8) is 0 Å². The molecule has 0 amide bonds. The Labute approximate surface area is 118 Å². The van der Waals surface area contributed by atoms with Gasteiger partial charge in [-0.2, -0.15) is 0 Å². The quantitative estimate of drug-likeness (QED) is 0.784. The number of carbonyl (C=O) groups is 1. The SMILES string of the molecule is CCS(=O)(=O)c1cc2c(nc1C(=O)OC)CC(C)(C)O2. The zero-order chi connectivity index (χ0) is 15.1. The van der Waals surface area contributed by atoms with E-state index in [0.29, 0.717) is 17.9 Å². The van der Waals surface area contributed by atoms with Gasteiger partial charge in [0.15, 0.2) is 15.5 Å². The smallest absolute Gasteiger partial charge is 0.358 e. The summed E-state index contributed by atoms with van der Waals surface area (Å²) in [5.74, 6) is -0.472. The van der Waals surface area contributed by atoms with Crippen LogP contribution >= 0.6 is 0 Å². The van der Waals surface area contributed by atoms with Gasteiger partial charge in [-0.05, 0) is 13.8 Å². The first kappa shape index (κ1) is 14.8. The number of fused-ring (bicyclic) bond motifs is 1. The van der Waals surface area contributed by atoms with Crippen LogP contribution in [0.4, 0.5) is 0 Å². The molecule has 1 aliphatic heterocycles. The fraction of sp³-hybridized carbons (Fsp3) is 0.538. The summed E-state index contributed by atoms with van der Waals surface area (Å²) in [5.41, 5.74) is -0.0583. The predicted octanol–water partition coefficient (Wildman–Crippen LogP) is 1.38. The minimum atomic E-state index is -3.59. The largest absolute Gasteiger partial charge is 0.485 e. The Balaban J connectivity index is 2.66. The summed E-state index contributed by atoms with van der Waals surface area (Å²) in [5, 5.41) is 0. The van der Waals surface area contributed by atoms with Crippen LogP contribution in [0.1, 0.15) is 37.0 Å². The lowest BCUT2D eigenvalue weighted by Gasteiger charge is -2.16. The number of nitrogens with zero attached hydrogens (tertiary/aromatic N) is 1. The normalized spacial score (nSPS) is 16.4. The number of hydrogen-bond acceptors (Lipinski definition) is 6. The summed E-state index contributed by atoms with van der Waals surface area (Å²) < 4.78 is 34.5. The van der Waals surface area contributed by atoms with Gasteiger partial charge in [-0.25, -0.2) is 18.2 Å². The second kappa shape index (κ2) is 4.73. The second-order valence-electron chi connectivity index (χ2n) is 5.21. The van der Waals surface area contributed by atoms with Gasteiger partial charge >= 0.3 is 5.97 Å². The third-order valence-corrected chi connectivity index (χ3v) is 4.84. The molecule has 0 N–H and O–H groups in total. The van der Waals surface area contributed by atoms with E-state index < -0.39 is 21.4 Å². The van der Waals surface area contributed by atoms with Crippen LogP contribution in [0.25, 0.3) is 0 Å². The number of pyridine rings is 1. The molecule has 110 valence electrons.